The molecule has 0 saturated carbocycles. The highest BCUT2D eigenvalue weighted by atomic mass is 16.5. The average Bonchev–Trinajstić information content (AvgIpc) is 3.26. The van der Waals surface area contributed by atoms with Crippen LogP contribution in [0.1, 0.15) is 55.4 Å². The summed E-state index contributed by atoms with van der Waals surface area (Å²) in [6, 6.07) is 10.6. The number of rotatable bonds is 5. The van der Waals surface area contributed by atoms with Crippen LogP contribution >= 0.6 is 0 Å². The van der Waals surface area contributed by atoms with Crippen LogP contribution < -0.4 is 0 Å². The van der Waals surface area contributed by atoms with Crippen LogP contribution in [-0.4, -0.2) is 52.5 Å². The van der Waals surface area contributed by atoms with Crippen LogP contribution in [0, 0.1) is 12.3 Å². The predicted octanol–water partition coefficient (Wildman–Crippen LogP) is 3.39. The van der Waals surface area contributed by atoms with E-state index in [0.29, 0.717) is 18.2 Å². The van der Waals surface area contributed by atoms with Crippen molar-refractivity contribution in [3.63, 3.8) is 0 Å². The molecule has 2 aliphatic heterocycles. The summed E-state index contributed by atoms with van der Waals surface area (Å²) in [5.41, 5.74) is 1.58. The first-order valence-electron chi connectivity index (χ1n) is 10.4. The Labute approximate surface area is 166 Å². The lowest BCUT2D eigenvalue weighted by molar-refractivity contribution is -0.133. The zero-order valence-electron chi connectivity index (χ0n) is 16.9. The monoisotopic (exact) mass is 382 g/mol. The molecule has 150 valence electrons. The van der Waals surface area contributed by atoms with Crippen molar-refractivity contribution in [2.24, 2.45) is 5.41 Å². The molecule has 1 aromatic heterocycles. The summed E-state index contributed by atoms with van der Waals surface area (Å²) in [7, 11) is 2.14. The van der Waals surface area contributed by atoms with Gasteiger partial charge in [0.05, 0.1) is 6.04 Å². The summed E-state index contributed by atoms with van der Waals surface area (Å²) in [4.78, 5) is 21.5. The highest BCUT2D eigenvalue weighted by Gasteiger charge is 2.46. The number of piperidine rings is 1. The van der Waals surface area contributed by atoms with Crippen LogP contribution in [0.2, 0.25) is 0 Å². The van der Waals surface area contributed by atoms with Crippen molar-refractivity contribution >= 4 is 5.91 Å². The topological polar surface area (TPSA) is 62.5 Å². The first kappa shape index (κ1) is 19.1. The number of aryl methyl sites for hydroxylation is 2. The quantitative estimate of drug-likeness (QED) is 0.793. The van der Waals surface area contributed by atoms with Gasteiger partial charge in [-0.05, 0) is 57.1 Å². The Balaban J connectivity index is 1.26. The number of aromatic nitrogens is 2. The third-order valence-corrected chi connectivity index (χ3v) is 6.45. The van der Waals surface area contributed by atoms with Gasteiger partial charge < -0.3 is 9.42 Å². The molecule has 3 heterocycles. The summed E-state index contributed by atoms with van der Waals surface area (Å²) in [5, 5.41) is 3.95. The molecule has 1 unspecified atom stereocenters. The van der Waals surface area contributed by atoms with E-state index in [-0.39, 0.29) is 11.5 Å². The average molecular weight is 383 g/mol. The molecule has 1 spiro atoms. The van der Waals surface area contributed by atoms with Crippen LogP contribution in [0.4, 0.5) is 0 Å². The Morgan fingerprint density at radius 2 is 2.00 bits per heavy atom. The van der Waals surface area contributed by atoms with E-state index in [0.717, 1.165) is 57.6 Å². The minimum absolute atomic E-state index is 0.203. The second kappa shape index (κ2) is 8.03. The molecule has 0 radical (unpaired) electrons. The smallest absolute Gasteiger partial charge is 0.243 e. The lowest BCUT2D eigenvalue weighted by Gasteiger charge is -2.39. The Morgan fingerprint density at radius 1 is 1.25 bits per heavy atom. The Bertz CT molecular complexity index is 796. The molecular weight excluding hydrogens is 352 g/mol. The Morgan fingerprint density at radius 3 is 2.68 bits per heavy atom. The van der Waals surface area contributed by atoms with Crippen LogP contribution in [0.15, 0.2) is 34.9 Å². The van der Waals surface area contributed by atoms with Crippen LogP contribution in [0.5, 0.6) is 0 Å². The highest BCUT2D eigenvalue weighted by molar-refractivity contribution is 5.76. The molecule has 2 aromatic rings. The van der Waals surface area contributed by atoms with Crippen LogP contribution in [0.25, 0.3) is 0 Å². The van der Waals surface area contributed by atoms with Crippen molar-refractivity contribution < 1.29 is 9.32 Å². The SMILES string of the molecule is Cc1noc(C2CC3(CCN(C(=O)CCCc4ccccc4)CC3)CN2C)n1. The number of nitrogens with zero attached hydrogens (tertiary/aromatic N) is 4. The van der Waals surface area contributed by atoms with E-state index in [1.165, 1.54) is 5.56 Å². The van der Waals surface area contributed by atoms with E-state index in [9.17, 15) is 4.79 Å². The molecule has 0 N–H and O–H groups in total. The molecule has 2 fully saturated rings. The van der Waals surface area contributed by atoms with Gasteiger partial charge in [0.1, 0.15) is 0 Å². The summed E-state index contributed by atoms with van der Waals surface area (Å²) in [6.07, 6.45) is 5.70. The summed E-state index contributed by atoms with van der Waals surface area (Å²) in [6.45, 7) is 4.63. The zero-order valence-corrected chi connectivity index (χ0v) is 16.9. The van der Waals surface area contributed by atoms with Crippen molar-refractivity contribution in [3.8, 4) is 0 Å². The number of hydrogen-bond donors (Lipinski definition) is 0. The summed E-state index contributed by atoms with van der Waals surface area (Å²) >= 11 is 0. The molecule has 2 saturated heterocycles. The van der Waals surface area contributed by atoms with Gasteiger partial charge in [-0.15, -0.1) is 0 Å². The predicted molar refractivity (Wildman–Crippen MR) is 107 cm³/mol. The number of hydrogen-bond acceptors (Lipinski definition) is 5. The van der Waals surface area contributed by atoms with Gasteiger partial charge in [0, 0.05) is 26.1 Å². The summed E-state index contributed by atoms with van der Waals surface area (Å²) < 4.78 is 5.43. The van der Waals surface area contributed by atoms with Gasteiger partial charge >= 0.3 is 0 Å². The molecule has 1 aromatic carbocycles. The van der Waals surface area contributed by atoms with E-state index < -0.39 is 0 Å². The Kier molecular flexibility index (Phi) is 5.49. The highest BCUT2D eigenvalue weighted by Crippen LogP contribution is 2.47. The molecule has 0 aliphatic carbocycles. The van der Waals surface area contributed by atoms with Gasteiger partial charge in [-0.2, -0.15) is 4.98 Å². The van der Waals surface area contributed by atoms with E-state index in [1.54, 1.807) is 0 Å². The van der Waals surface area contributed by atoms with Gasteiger partial charge in [-0.1, -0.05) is 35.5 Å². The van der Waals surface area contributed by atoms with Crippen molar-refractivity contribution in [1.82, 2.24) is 19.9 Å². The maximum atomic E-state index is 12.6. The van der Waals surface area contributed by atoms with Crippen molar-refractivity contribution in [3.05, 3.63) is 47.6 Å². The fourth-order valence-electron chi connectivity index (χ4n) is 4.83. The minimum Gasteiger partial charge on any atom is -0.343 e. The second-order valence-electron chi connectivity index (χ2n) is 8.53. The van der Waals surface area contributed by atoms with Crippen LogP contribution in [0.3, 0.4) is 0 Å². The fourth-order valence-corrected chi connectivity index (χ4v) is 4.83. The van der Waals surface area contributed by atoms with Gasteiger partial charge in [0.15, 0.2) is 5.82 Å². The molecule has 6 nitrogen and oxygen atoms in total. The lowest BCUT2D eigenvalue weighted by Crippen LogP contribution is -2.44. The molecule has 1 amide bonds. The first-order chi connectivity index (χ1) is 13.5. The van der Waals surface area contributed by atoms with E-state index in [4.69, 9.17) is 4.52 Å². The molecule has 1 atom stereocenters. The molecule has 4 rings (SSSR count). The number of carbonyl (C=O) groups is 1. The molecule has 6 heteroatoms. The fraction of sp³-hybridized carbons (Fsp3) is 0.591. The number of carbonyl (C=O) groups excluding carboxylic acids is 1. The third-order valence-electron chi connectivity index (χ3n) is 6.45. The van der Waals surface area contributed by atoms with E-state index in [2.05, 4.69) is 51.3 Å². The largest absolute Gasteiger partial charge is 0.343 e. The molecular formula is C22H30N4O2. The lowest BCUT2D eigenvalue weighted by atomic mass is 9.76. The van der Waals surface area contributed by atoms with E-state index >= 15 is 0 Å². The van der Waals surface area contributed by atoms with Crippen molar-refractivity contribution in [2.75, 3.05) is 26.7 Å². The molecule has 2 aliphatic rings. The number of amides is 1. The standard InChI is InChI=1S/C22H30N4O2/c1-17-23-21(28-24-17)19-15-22(16-25(19)2)11-13-26(14-12-22)20(27)10-6-9-18-7-4-3-5-8-18/h3-5,7-8,19H,6,9-16H2,1-2H3. The maximum Gasteiger partial charge on any atom is 0.243 e. The zero-order chi connectivity index (χ0) is 19.6. The van der Waals surface area contributed by atoms with Crippen LogP contribution in [-0.2, 0) is 11.2 Å². The second-order valence-corrected chi connectivity index (χ2v) is 8.53. The number of likely N-dealkylation sites (tertiary alicyclic amines) is 2. The van der Waals surface area contributed by atoms with Gasteiger partial charge in [0.2, 0.25) is 11.8 Å². The third kappa shape index (κ3) is 4.12. The number of benzene rings is 1. The molecule has 28 heavy (non-hydrogen) atoms. The van der Waals surface area contributed by atoms with Gasteiger partial charge in [-0.3, -0.25) is 9.69 Å². The van der Waals surface area contributed by atoms with E-state index in [1.807, 2.05) is 13.0 Å². The van der Waals surface area contributed by atoms with Crippen molar-refractivity contribution in [2.45, 2.75) is 51.5 Å². The van der Waals surface area contributed by atoms with Gasteiger partial charge in [-0.25, -0.2) is 0 Å². The van der Waals surface area contributed by atoms with Crippen molar-refractivity contribution in [1.29, 1.82) is 0 Å². The Hall–Kier alpha value is -2.21. The summed E-state index contributed by atoms with van der Waals surface area (Å²) in [5.74, 6) is 1.73. The van der Waals surface area contributed by atoms with Gasteiger partial charge in [0.25, 0.3) is 0 Å². The maximum absolute atomic E-state index is 12.6. The normalized spacial score (nSPS) is 22.1. The minimum atomic E-state index is 0.203. The first-order valence-corrected chi connectivity index (χ1v) is 10.4. The molecule has 0 bridgehead atoms.